The molecule has 2 nitrogen and oxygen atoms in total. The van der Waals surface area contributed by atoms with E-state index in [9.17, 15) is 0 Å². The Morgan fingerprint density at radius 1 is 1.75 bits per heavy atom. The summed E-state index contributed by atoms with van der Waals surface area (Å²) >= 11 is 0. The molecular weight excluding hydrogens is 119 g/mol. The van der Waals surface area contributed by atoms with Gasteiger partial charge >= 0.3 is 0 Å². The second-order valence-electron chi connectivity index (χ2n) is 1.84. The highest BCUT2D eigenvalue weighted by Crippen LogP contribution is 1.93. The van der Waals surface area contributed by atoms with Crippen LogP contribution in [0.3, 0.4) is 0 Å². The zero-order valence-electron chi connectivity index (χ0n) is 5.05. The molecule has 0 saturated carbocycles. The molecule has 1 rings (SSSR count). The van der Waals surface area contributed by atoms with Gasteiger partial charge < -0.3 is 0 Å². The third kappa shape index (κ3) is 0.760. The molecule has 3 heteroatoms. The molecule has 1 heterocycles. The lowest BCUT2D eigenvalue weighted by Gasteiger charge is -1.90. The van der Waals surface area contributed by atoms with Crippen molar-refractivity contribution >= 4 is 14.7 Å². The summed E-state index contributed by atoms with van der Waals surface area (Å²) in [6.45, 7) is 2.04. The smallest absolute Gasteiger partial charge is 0.0575 e. The summed E-state index contributed by atoms with van der Waals surface area (Å²) < 4.78 is 1.83. The predicted molar refractivity (Wildman–Crippen MR) is 37.3 cm³/mol. The van der Waals surface area contributed by atoms with Gasteiger partial charge in [-0.2, -0.15) is 5.10 Å². The zero-order valence-corrected chi connectivity index (χ0v) is 6.20. The van der Waals surface area contributed by atoms with Gasteiger partial charge in [0.05, 0.1) is 11.6 Å². The number of rotatable bonds is 0. The molecule has 0 aliphatic carbocycles. The van der Waals surface area contributed by atoms with Gasteiger partial charge in [-0.15, -0.1) is 0 Å². The normalized spacial score (nSPS) is 9.88. The van der Waals surface area contributed by atoms with Crippen molar-refractivity contribution in [3.8, 4) is 0 Å². The Kier molecular flexibility index (Phi) is 1.35. The van der Waals surface area contributed by atoms with Crippen molar-refractivity contribution in [3.05, 3.63) is 11.8 Å². The van der Waals surface area contributed by atoms with E-state index in [0.717, 1.165) is 5.44 Å². The molecule has 0 amide bonds. The number of aromatic nitrogens is 2. The molecule has 8 heavy (non-hydrogen) atoms. The van der Waals surface area contributed by atoms with Gasteiger partial charge in [0.2, 0.25) is 0 Å². The first-order valence-corrected chi connectivity index (χ1v) is 3.03. The Labute approximate surface area is 51.1 Å². The topological polar surface area (TPSA) is 17.8 Å². The molecule has 0 spiro atoms. The van der Waals surface area contributed by atoms with Crippen molar-refractivity contribution < 1.29 is 0 Å². The Morgan fingerprint density at radius 2 is 2.38 bits per heavy atom. The van der Waals surface area contributed by atoms with Gasteiger partial charge in [0.15, 0.2) is 0 Å². The van der Waals surface area contributed by atoms with Crippen molar-refractivity contribution in [3.63, 3.8) is 0 Å². The minimum atomic E-state index is 1.16. The van der Waals surface area contributed by atoms with Gasteiger partial charge in [-0.25, -0.2) is 0 Å². The van der Waals surface area contributed by atoms with Crippen molar-refractivity contribution in [1.29, 1.82) is 0 Å². The molecule has 0 bridgehead atoms. The van der Waals surface area contributed by atoms with E-state index >= 15 is 0 Å². The number of hydrogen-bond acceptors (Lipinski definition) is 1. The zero-order chi connectivity index (χ0) is 6.15. The molecule has 0 aliphatic rings. The lowest BCUT2D eigenvalue weighted by Crippen LogP contribution is -2.06. The maximum Gasteiger partial charge on any atom is 0.0575 e. The Balaban J connectivity index is 3.19. The highest BCUT2D eigenvalue weighted by atomic mass is 31.0. The van der Waals surface area contributed by atoms with Crippen LogP contribution < -0.4 is 5.44 Å². The fraction of sp³-hybridized carbons (Fsp3) is 0.400. The van der Waals surface area contributed by atoms with Crippen LogP contribution in [0.25, 0.3) is 0 Å². The molecule has 1 atom stereocenters. The standard InChI is InChI=1S/C5H9N2P/c1-4-3-6-7(2)5(4)8/h3H,8H2,1-2H3. The molecule has 0 radical (unpaired) electrons. The predicted octanol–water partition coefficient (Wildman–Crippen LogP) is 0.229. The van der Waals surface area contributed by atoms with Crippen molar-refractivity contribution in [2.75, 3.05) is 0 Å². The first-order chi connectivity index (χ1) is 3.72. The third-order valence-corrected chi connectivity index (χ3v) is 2.01. The van der Waals surface area contributed by atoms with Gasteiger partial charge in [-0.3, -0.25) is 4.68 Å². The van der Waals surface area contributed by atoms with E-state index in [1.165, 1.54) is 5.56 Å². The van der Waals surface area contributed by atoms with Crippen LogP contribution in [0.1, 0.15) is 5.56 Å². The minimum Gasteiger partial charge on any atom is -0.269 e. The average Bonchev–Trinajstić information content (AvgIpc) is 1.98. The third-order valence-electron chi connectivity index (χ3n) is 1.18. The molecule has 1 aromatic rings. The van der Waals surface area contributed by atoms with Crippen LogP contribution in [0.2, 0.25) is 0 Å². The summed E-state index contributed by atoms with van der Waals surface area (Å²) in [5.41, 5.74) is 2.38. The molecule has 44 valence electrons. The van der Waals surface area contributed by atoms with Gasteiger partial charge in [0.25, 0.3) is 0 Å². The number of nitrogens with zero attached hydrogens (tertiary/aromatic N) is 2. The van der Waals surface area contributed by atoms with E-state index in [1.807, 2.05) is 24.9 Å². The summed E-state index contributed by atoms with van der Waals surface area (Å²) in [6.07, 6.45) is 1.85. The molecule has 0 fully saturated rings. The second-order valence-corrected chi connectivity index (χ2v) is 2.38. The number of aryl methyl sites for hydroxylation is 2. The van der Waals surface area contributed by atoms with Crippen LogP contribution in [0.15, 0.2) is 6.20 Å². The van der Waals surface area contributed by atoms with Crippen LogP contribution in [0.4, 0.5) is 0 Å². The Bertz CT molecular complexity index is 173. The fourth-order valence-corrected chi connectivity index (χ4v) is 0.698. The summed E-state index contributed by atoms with van der Waals surface area (Å²) in [5.74, 6) is 0. The largest absolute Gasteiger partial charge is 0.269 e. The van der Waals surface area contributed by atoms with Gasteiger partial charge in [0, 0.05) is 7.05 Å². The van der Waals surface area contributed by atoms with Crippen molar-refractivity contribution in [2.24, 2.45) is 7.05 Å². The van der Waals surface area contributed by atoms with Gasteiger partial charge in [-0.1, -0.05) is 9.24 Å². The minimum absolute atomic E-state index is 1.16. The Hall–Kier alpha value is -0.360. The van der Waals surface area contributed by atoms with Crippen LogP contribution in [0, 0.1) is 6.92 Å². The number of hydrogen-bond donors (Lipinski definition) is 0. The molecule has 0 N–H and O–H groups in total. The quantitative estimate of drug-likeness (QED) is 0.457. The van der Waals surface area contributed by atoms with Crippen LogP contribution in [0.5, 0.6) is 0 Å². The van der Waals surface area contributed by atoms with Gasteiger partial charge in [0.1, 0.15) is 0 Å². The maximum atomic E-state index is 4.01. The van der Waals surface area contributed by atoms with Crippen LogP contribution in [-0.2, 0) is 7.05 Å². The van der Waals surface area contributed by atoms with E-state index in [2.05, 4.69) is 14.3 Å². The second kappa shape index (κ2) is 1.87. The van der Waals surface area contributed by atoms with E-state index in [4.69, 9.17) is 0 Å². The SMILES string of the molecule is Cc1cnn(C)c1P. The van der Waals surface area contributed by atoms with Crippen molar-refractivity contribution in [1.82, 2.24) is 9.78 Å². The van der Waals surface area contributed by atoms with E-state index in [-0.39, 0.29) is 0 Å². The summed E-state index contributed by atoms with van der Waals surface area (Å²) in [7, 11) is 4.56. The summed E-state index contributed by atoms with van der Waals surface area (Å²) in [4.78, 5) is 0. The van der Waals surface area contributed by atoms with Crippen molar-refractivity contribution in [2.45, 2.75) is 6.92 Å². The summed E-state index contributed by atoms with van der Waals surface area (Å²) in [5, 5.41) is 4.01. The molecular formula is C5H9N2P. The highest BCUT2D eigenvalue weighted by molar-refractivity contribution is 7.27. The van der Waals surface area contributed by atoms with Gasteiger partial charge in [-0.05, 0) is 12.5 Å². The molecule has 0 saturated heterocycles. The summed E-state index contributed by atoms with van der Waals surface area (Å²) in [6, 6.07) is 0. The molecule has 0 aliphatic heterocycles. The Morgan fingerprint density at radius 3 is 2.50 bits per heavy atom. The van der Waals surface area contributed by atoms with Crippen LogP contribution >= 0.6 is 9.24 Å². The lowest BCUT2D eigenvalue weighted by molar-refractivity contribution is 0.791. The van der Waals surface area contributed by atoms with E-state index in [0.29, 0.717) is 0 Å². The lowest BCUT2D eigenvalue weighted by atomic mass is 10.4. The molecule has 0 aromatic carbocycles. The molecule has 1 unspecified atom stereocenters. The average molecular weight is 128 g/mol. The van der Waals surface area contributed by atoms with Crippen LogP contribution in [-0.4, -0.2) is 9.78 Å². The van der Waals surface area contributed by atoms with E-state index < -0.39 is 0 Å². The van der Waals surface area contributed by atoms with E-state index in [1.54, 1.807) is 0 Å². The first kappa shape index (κ1) is 5.77. The monoisotopic (exact) mass is 128 g/mol. The molecule has 1 aromatic heterocycles. The first-order valence-electron chi connectivity index (χ1n) is 2.46. The highest BCUT2D eigenvalue weighted by Gasteiger charge is 1.94. The maximum absolute atomic E-state index is 4.01. The fourth-order valence-electron chi connectivity index (χ4n) is 0.557.